The van der Waals surface area contributed by atoms with Crippen LogP contribution in [0.4, 0.5) is 22.0 Å². The van der Waals surface area contributed by atoms with Crippen LogP contribution in [0, 0.1) is 11.6 Å². The van der Waals surface area contributed by atoms with E-state index in [2.05, 4.69) is 10.1 Å². The van der Waals surface area contributed by atoms with Crippen molar-refractivity contribution in [3.63, 3.8) is 0 Å². The first-order valence-corrected chi connectivity index (χ1v) is 10.8. The first-order chi connectivity index (χ1) is 16.7. The van der Waals surface area contributed by atoms with Crippen LogP contribution in [-0.4, -0.2) is 10.9 Å². The zero-order chi connectivity index (χ0) is 25.6. The van der Waals surface area contributed by atoms with Crippen LogP contribution in [0.25, 0.3) is 17.0 Å². The molecule has 3 nitrogen and oxygen atoms in total. The van der Waals surface area contributed by atoms with E-state index in [1.54, 1.807) is 19.1 Å². The third-order valence-electron chi connectivity index (χ3n) is 5.08. The third kappa shape index (κ3) is 6.20. The van der Waals surface area contributed by atoms with Crippen LogP contribution in [0.2, 0.25) is 0 Å². The van der Waals surface area contributed by atoms with Crippen LogP contribution in [-0.2, 0) is 12.6 Å². The van der Waals surface area contributed by atoms with Gasteiger partial charge in [0.1, 0.15) is 23.1 Å². The van der Waals surface area contributed by atoms with Gasteiger partial charge in [-0.15, -0.1) is 0 Å². The van der Waals surface area contributed by atoms with E-state index < -0.39 is 17.6 Å². The molecule has 0 radical (unpaired) electrons. The Morgan fingerprint density at radius 1 is 0.971 bits per heavy atom. The van der Waals surface area contributed by atoms with Gasteiger partial charge in [0.25, 0.3) is 0 Å². The minimum Gasteiger partial charge on any atom is -0.361 e. The Labute approximate surface area is 200 Å². The Bertz CT molecular complexity index is 1310. The highest BCUT2D eigenvalue weighted by Gasteiger charge is 2.34. The molecule has 2 aromatic carbocycles. The van der Waals surface area contributed by atoms with E-state index in [4.69, 9.17) is 4.52 Å². The number of benzene rings is 2. The van der Waals surface area contributed by atoms with Gasteiger partial charge >= 0.3 is 6.18 Å². The molecule has 4 rings (SSSR count). The van der Waals surface area contributed by atoms with E-state index in [-0.39, 0.29) is 17.1 Å². The summed E-state index contributed by atoms with van der Waals surface area (Å²) >= 11 is 0. The number of aryl methyl sites for hydroxylation is 1. The summed E-state index contributed by atoms with van der Waals surface area (Å²) in [6, 6.07) is 10.6. The Morgan fingerprint density at radius 2 is 1.71 bits per heavy atom. The molecule has 3 aromatic rings. The Hall–Kier alpha value is -3.81. The highest BCUT2D eigenvalue weighted by Crippen LogP contribution is 2.37. The predicted octanol–water partition coefficient (Wildman–Crippen LogP) is 8.21. The van der Waals surface area contributed by atoms with E-state index in [0.29, 0.717) is 29.5 Å². The zero-order valence-corrected chi connectivity index (χ0v) is 19.3. The largest absolute Gasteiger partial charge is 0.417 e. The molecular weight excluding hydrogens is 463 g/mol. The number of rotatable bonds is 4. The molecule has 0 unspecified atom stereocenters. The number of allylic oxidation sites excluding steroid dienone is 5. The van der Waals surface area contributed by atoms with Crippen LogP contribution in [0.1, 0.15) is 37.7 Å². The molecule has 35 heavy (non-hydrogen) atoms. The van der Waals surface area contributed by atoms with E-state index >= 15 is 0 Å². The Morgan fingerprint density at radius 3 is 2.31 bits per heavy atom. The van der Waals surface area contributed by atoms with Crippen molar-refractivity contribution in [2.24, 2.45) is 4.99 Å². The summed E-state index contributed by atoms with van der Waals surface area (Å²) in [5, 5.41) is 3.56. The maximum atomic E-state index is 13.6. The van der Waals surface area contributed by atoms with Gasteiger partial charge in [-0.25, -0.2) is 13.8 Å². The van der Waals surface area contributed by atoms with Crippen molar-refractivity contribution in [2.45, 2.75) is 33.4 Å². The zero-order valence-electron chi connectivity index (χ0n) is 19.3. The number of halogens is 5. The average molecular weight is 486 g/mol. The maximum Gasteiger partial charge on any atom is 0.417 e. The minimum absolute atomic E-state index is 0.0548. The van der Waals surface area contributed by atoms with Gasteiger partial charge in [0.15, 0.2) is 0 Å². The van der Waals surface area contributed by atoms with Crippen molar-refractivity contribution in [3.05, 3.63) is 107 Å². The number of hydrogen-bond donors (Lipinski definition) is 0. The lowest BCUT2D eigenvalue weighted by Crippen LogP contribution is -2.07. The molecule has 0 fully saturated rings. The number of aromatic nitrogens is 1. The van der Waals surface area contributed by atoms with Crippen molar-refractivity contribution in [1.29, 1.82) is 0 Å². The molecule has 1 aliphatic rings. The van der Waals surface area contributed by atoms with Gasteiger partial charge in [-0.3, -0.25) is 0 Å². The molecule has 8 heteroatoms. The van der Waals surface area contributed by atoms with Crippen molar-refractivity contribution < 1.29 is 26.5 Å². The highest BCUT2D eigenvalue weighted by atomic mass is 19.4. The standard InChI is InChI=1S/C15H14FN.C12H9F4NO/c1-3-7-14-11(4-2)10-15(17-14)12-8-5-6-9-13(12)16;1-2-8-6-11(17-18-8)9-4-3-7(13)5-10(9)12(14,15)16/h3-10H,1-2H3;3-6H,2H2,1H3/b7-3-,11-4-;. The van der Waals surface area contributed by atoms with Crippen LogP contribution in [0.3, 0.4) is 0 Å². The monoisotopic (exact) mass is 486 g/mol. The van der Waals surface area contributed by atoms with Gasteiger partial charge < -0.3 is 4.52 Å². The van der Waals surface area contributed by atoms with E-state index in [1.165, 1.54) is 12.1 Å². The van der Waals surface area contributed by atoms with Crippen molar-refractivity contribution in [2.75, 3.05) is 0 Å². The summed E-state index contributed by atoms with van der Waals surface area (Å²) in [5.41, 5.74) is 1.95. The number of alkyl halides is 3. The van der Waals surface area contributed by atoms with Crippen LogP contribution in [0.5, 0.6) is 0 Å². The molecule has 0 aliphatic carbocycles. The minimum atomic E-state index is -4.64. The highest BCUT2D eigenvalue weighted by molar-refractivity contribution is 6.16. The molecule has 0 N–H and O–H groups in total. The second-order valence-electron chi connectivity index (χ2n) is 7.47. The van der Waals surface area contributed by atoms with Gasteiger partial charge in [-0.1, -0.05) is 36.4 Å². The smallest absolute Gasteiger partial charge is 0.361 e. The molecule has 0 saturated carbocycles. The van der Waals surface area contributed by atoms with Gasteiger partial charge in [0.05, 0.1) is 17.0 Å². The fourth-order valence-electron chi connectivity index (χ4n) is 3.36. The van der Waals surface area contributed by atoms with Gasteiger partial charge in [0.2, 0.25) is 0 Å². The van der Waals surface area contributed by atoms with Crippen molar-refractivity contribution in [3.8, 4) is 11.3 Å². The summed E-state index contributed by atoms with van der Waals surface area (Å²) in [7, 11) is 0. The van der Waals surface area contributed by atoms with Crippen molar-refractivity contribution in [1.82, 2.24) is 5.16 Å². The molecule has 182 valence electrons. The van der Waals surface area contributed by atoms with Gasteiger partial charge in [0, 0.05) is 23.6 Å². The van der Waals surface area contributed by atoms with Crippen molar-refractivity contribution >= 4 is 11.4 Å². The second kappa shape index (κ2) is 11.1. The molecule has 0 saturated heterocycles. The fraction of sp³-hybridized carbons (Fsp3) is 0.185. The summed E-state index contributed by atoms with van der Waals surface area (Å²) in [6.07, 6.45) is 3.64. The van der Waals surface area contributed by atoms with Gasteiger partial charge in [-0.2, -0.15) is 13.2 Å². The Balaban J connectivity index is 0.000000196. The lowest BCUT2D eigenvalue weighted by molar-refractivity contribution is -0.137. The van der Waals surface area contributed by atoms with Gasteiger partial charge in [-0.05, 0) is 61.9 Å². The third-order valence-corrected chi connectivity index (χ3v) is 5.08. The SMILES string of the molecule is C/C=C\C1=NC(c2ccccc2F)=C/C1=C/C.CCc1cc(-c2ccc(F)cc2C(F)(F)F)no1. The lowest BCUT2D eigenvalue weighted by atomic mass is 10.0. The second-order valence-corrected chi connectivity index (χ2v) is 7.47. The predicted molar refractivity (Wildman–Crippen MR) is 127 cm³/mol. The fourth-order valence-corrected chi connectivity index (χ4v) is 3.36. The van der Waals surface area contributed by atoms with E-state index in [1.807, 2.05) is 44.2 Å². The molecule has 0 bridgehead atoms. The maximum absolute atomic E-state index is 13.6. The quantitative estimate of drug-likeness (QED) is 0.349. The first kappa shape index (κ1) is 25.8. The van der Waals surface area contributed by atoms with Crippen LogP contribution in [0.15, 0.2) is 87.9 Å². The Kier molecular flexibility index (Phi) is 8.17. The summed E-state index contributed by atoms with van der Waals surface area (Å²) in [5.74, 6) is -0.701. The molecule has 0 atom stereocenters. The molecule has 1 aliphatic heterocycles. The molecular formula is C27H23F5N2O. The molecule has 0 amide bonds. The molecule has 0 spiro atoms. The summed E-state index contributed by atoms with van der Waals surface area (Å²) < 4.78 is 69.7. The normalized spacial score (nSPS) is 14.7. The lowest BCUT2D eigenvalue weighted by Gasteiger charge is -2.10. The van der Waals surface area contributed by atoms with E-state index in [0.717, 1.165) is 23.4 Å². The van der Waals surface area contributed by atoms with Crippen LogP contribution >= 0.6 is 0 Å². The summed E-state index contributed by atoms with van der Waals surface area (Å²) in [6.45, 7) is 5.69. The number of aliphatic imine (C=N–C) groups is 1. The molecule has 2 heterocycles. The number of hydrogen-bond acceptors (Lipinski definition) is 3. The average Bonchev–Trinajstić information content (AvgIpc) is 3.46. The van der Waals surface area contributed by atoms with E-state index in [9.17, 15) is 22.0 Å². The molecule has 1 aromatic heterocycles. The van der Waals surface area contributed by atoms with Crippen LogP contribution < -0.4 is 0 Å². The topological polar surface area (TPSA) is 38.4 Å². The first-order valence-electron chi connectivity index (χ1n) is 10.8. The summed E-state index contributed by atoms with van der Waals surface area (Å²) in [4.78, 5) is 4.44. The number of nitrogens with zero attached hydrogens (tertiary/aromatic N) is 2.